The Bertz CT molecular complexity index is 905. The first kappa shape index (κ1) is 20.1. The van der Waals surface area contributed by atoms with Crippen molar-refractivity contribution in [3.05, 3.63) is 58.9 Å². The minimum absolute atomic E-state index is 0.0486. The number of carbonyl (C=O) groups excluding carboxylic acids is 2. The molecule has 3 aliphatic rings. The molecule has 0 atom stereocenters. The van der Waals surface area contributed by atoms with Crippen LogP contribution in [-0.4, -0.2) is 23.2 Å². The van der Waals surface area contributed by atoms with Crippen LogP contribution < -0.4 is 4.74 Å². The van der Waals surface area contributed by atoms with E-state index in [0.717, 1.165) is 43.4 Å². The Labute approximate surface area is 176 Å². The summed E-state index contributed by atoms with van der Waals surface area (Å²) in [5, 5.41) is 0.688. The summed E-state index contributed by atoms with van der Waals surface area (Å²) < 4.78 is 5.62. The van der Waals surface area contributed by atoms with Crippen molar-refractivity contribution in [2.45, 2.75) is 51.9 Å². The van der Waals surface area contributed by atoms with Crippen LogP contribution in [0.4, 0.5) is 0 Å². The number of pyridine rings is 1. The number of Topliss-reactive ketones (excluding diaryl/α,β-unsaturated/α-hetero) is 2. The second kappa shape index (κ2) is 7.91. The summed E-state index contributed by atoms with van der Waals surface area (Å²) >= 11 is 6.01. The van der Waals surface area contributed by atoms with E-state index in [1.165, 1.54) is 0 Å². The quantitative estimate of drug-likeness (QED) is 0.543. The lowest BCUT2D eigenvalue weighted by Gasteiger charge is -2.70. The molecular formula is C24H26ClNO3. The molecule has 0 radical (unpaired) electrons. The Kier molecular flexibility index (Phi) is 5.48. The summed E-state index contributed by atoms with van der Waals surface area (Å²) in [4.78, 5) is 29.3. The number of nitrogens with zero attached hydrogens (tertiary/aromatic N) is 1. The van der Waals surface area contributed by atoms with Crippen molar-refractivity contribution in [1.29, 1.82) is 0 Å². The lowest BCUT2D eigenvalue weighted by molar-refractivity contribution is -0.208. The summed E-state index contributed by atoms with van der Waals surface area (Å²) in [5.41, 5.74) is 1.88. The normalized spacial score (nSPS) is 24.3. The molecule has 152 valence electrons. The van der Waals surface area contributed by atoms with Crippen LogP contribution in [0.15, 0.2) is 42.6 Å². The largest absolute Gasteiger partial charge is 0.486 e. The van der Waals surface area contributed by atoms with Crippen molar-refractivity contribution in [2.24, 2.45) is 10.8 Å². The Morgan fingerprint density at radius 2 is 1.97 bits per heavy atom. The van der Waals surface area contributed by atoms with Gasteiger partial charge in [-0.2, -0.15) is 0 Å². The number of halogens is 1. The van der Waals surface area contributed by atoms with Crippen molar-refractivity contribution in [2.75, 3.05) is 6.61 Å². The fourth-order valence-electron chi connectivity index (χ4n) is 5.06. The first-order chi connectivity index (χ1) is 13.9. The van der Waals surface area contributed by atoms with Gasteiger partial charge in [0.05, 0.1) is 0 Å². The number of aromatic nitrogens is 1. The van der Waals surface area contributed by atoms with Gasteiger partial charge in [-0.15, -0.1) is 0 Å². The maximum Gasteiger partial charge on any atom is 0.170 e. The van der Waals surface area contributed by atoms with E-state index in [-0.39, 0.29) is 23.2 Å². The molecule has 3 aliphatic carbocycles. The van der Waals surface area contributed by atoms with Crippen molar-refractivity contribution < 1.29 is 14.3 Å². The van der Waals surface area contributed by atoms with E-state index in [9.17, 15) is 9.59 Å². The molecule has 5 rings (SSSR count). The first-order valence-corrected chi connectivity index (χ1v) is 10.6. The monoisotopic (exact) mass is 411 g/mol. The summed E-state index contributed by atoms with van der Waals surface area (Å²) in [6, 6.07) is 11.3. The molecule has 3 fully saturated rings. The molecule has 2 bridgehead atoms. The number of hydrogen-bond acceptors (Lipinski definition) is 4. The van der Waals surface area contributed by atoms with Crippen LogP contribution in [0.2, 0.25) is 5.02 Å². The summed E-state index contributed by atoms with van der Waals surface area (Å²) in [7, 11) is 0. The van der Waals surface area contributed by atoms with Gasteiger partial charge in [0.2, 0.25) is 0 Å². The highest BCUT2D eigenvalue weighted by Crippen LogP contribution is 2.75. The van der Waals surface area contributed by atoms with E-state index < -0.39 is 0 Å². The van der Waals surface area contributed by atoms with Crippen LogP contribution in [0.5, 0.6) is 5.75 Å². The van der Waals surface area contributed by atoms with Crippen molar-refractivity contribution >= 4 is 23.2 Å². The number of aryl methyl sites for hydroxylation is 2. The van der Waals surface area contributed by atoms with E-state index in [1.807, 2.05) is 31.2 Å². The van der Waals surface area contributed by atoms with E-state index in [0.29, 0.717) is 29.4 Å². The minimum atomic E-state index is -0.140. The molecule has 3 saturated carbocycles. The Hall–Kier alpha value is -2.20. The molecule has 1 aromatic heterocycles. The number of ketones is 2. The fourth-order valence-corrected chi connectivity index (χ4v) is 5.18. The number of ether oxygens (including phenoxy) is 1. The minimum Gasteiger partial charge on any atom is -0.486 e. The molecule has 0 saturated heterocycles. The molecule has 4 nitrogen and oxygen atoms in total. The Morgan fingerprint density at radius 1 is 1.17 bits per heavy atom. The molecule has 0 amide bonds. The van der Waals surface area contributed by atoms with Gasteiger partial charge < -0.3 is 4.74 Å². The van der Waals surface area contributed by atoms with Crippen LogP contribution in [0, 0.1) is 17.8 Å². The summed E-state index contributed by atoms with van der Waals surface area (Å²) in [5.74, 6) is 1.14. The summed E-state index contributed by atoms with van der Waals surface area (Å²) in [6.07, 6.45) is 7.21. The smallest absolute Gasteiger partial charge is 0.170 e. The van der Waals surface area contributed by atoms with Gasteiger partial charge in [-0.25, -0.2) is 0 Å². The number of benzene rings is 1. The third-order valence-corrected chi connectivity index (χ3v) is 6.82. The topological polar surface area (TPSA) is 56.3 Å². The van der Waals surface area contributed by atoms with E-state index >= 15 is 0 Å². The van der Waals surface area contributed by atoms with Crippen molar-refractivity contribution in [3.63, 3.8) is 0 Å². The SMILES string of the molecule is Cc1cc(OCC(=O)CC23CC(C(=O)CCCc4ccccn4)(C2)C3)ccc1Cl. The lowest BCUT2D eigenvalue weighted by atomic mass is 9.33. The van der Waals surface area contributed by atoms with Crippen LogP contribution in [0.1, 0.15) is 49.8 Å². The van der Waals surface area contributed by atoms with Gasteiger partial charge in [-0.1, -0.05) is 17.7 Å². The second-order valence-electron chi connectivity index (χ2n) is 8.82. The van der Waals surface area contributed by atoms with Crippen molar-refractivity contribution in [3.8, 4) is 5.75 Å². The zero-order chi connectivity index (χ0) is 20.5. The van der Waals surface area contributed by atoms with Gasteiger partial charge in [0.25, 0.3) is 0 Å². The molecule has 1 aromatic carbocycles. The predicted molar refractivity (Wildman–Crippen MR) is 112 cm³/mol. The highest BCUT2D eigenvalue weighted by atomic mass is 35.5. The van der Waals surface area contributed by atoms with Crippen molar-refractivity contribution in [1.82, 2.24) is 4.98 Å². The average Bonchev–Trinajstić information content (AvgIpc) is 2.65. The van der Waals surface area contributed by atoms with Crippen LogP contribution >= 0.6 is 11.6 Å². The van der Waals surface area contributed by atoms with E-state index in [2.05, 4.69) is 4.98 Å². The second-order valence-corrected chi connectivity index (χ2v) is 9.23. The first-order valence-electron chi connectivity index (χ1n) is 10.2. The van der Waals surface area contributed by atoms with Gasteiger partial charge in [-0.3, -0.25) is 14.6 Å². The number of hydrogen-bond donors (Lipinski definition) is 0. The van der Waals surface area contributed by atoms with Crippen LogP contribution in [0.3, 0.4) is 0 Å². The van der Waals surface area contributed by atoms with E-state index in [1.54, 1.807) is 18.3 Å². The third kappa shape index (κ3) is 4.23. The highest BCUT2D eigenvalue weighted by molar-refractivity contribution is 6.31. The van der Waals surface area contributed by atoms with Gasteiger partial charge in [-0.05, 0) is 80.3 Å². The fraction of sp³-hybridized carbons (Fsp3) is 0.458. The number of rotatable bonds is 10. The summed E-state index contributed by atoms with van der Waals surface area (Å²) in [6.45, 7) is 1.99. The molecule has 1 heterocycles. The zero-order valence-electron chi connectivity index (χ0n) is 16.7. The Balaban J connectivity index is 1.18. The molecule has 0 unspecified atom stereocenters. The van der Waals surface area contributed by atoms with Gasteiger partial charge >= 0.3 is 0 Å². The van der Waals surface area contributed by atoms with Gasteiger partial charge in [0.1, 0.15) is 18.1 Å². The maximum atomic E-state index is 12.6. The molecule has 0 aliphatic heterocycles. The number of carbonyl (C=O) groups is 2. The lowest BCUT2D eigenvalue weighted by Crippen LogP contribution is -2.65. The standard InChI is InChI=1S/C24H26ClNO3/c1-17-11-20(8-9-21(17)25)29-13-19(27)12-23-14-24(15-23,16-23)22(28)7-4-6-18-5-2-3-10-26-18/h2-3,5,8-11H,4,6-7,12-16H2,1H3. The van der Waals surface area contributed by atoms with E-state index in [4.69, 9.17) is 16.3 Å². The maximum absolute atomic E-state index is 12.6. The zero-order valence-corrected chi connectivity index (χ0v) is 17.5. The average molecular weight is 412 g/mol. The van der Waals surface area contributed by atoms with Gasteiger partial charge in [0.15, 0.2) is 5.78 Å². The molecule has 2 aromatic rings. The molecular weight excluding hydrogens is 386 g/mol. The highest BCUT2D eigenvalue weighted by Gasteiger charge is 2.70. The van der Waals surface area contributed by atoms with Crippen LogP contribution in [-0.2, 0) is 16.0 Å². The predicted octanol–water partition coefficient (Wildman–Crippen LogP) is 5.14. The molecule has 29 heavy (non-hydrogen) atoms. The van der Waals surface area contributed by atoms with Gasteiger partial charge in [0, 0.05) is 35.2 Å². The van der Waals surface area contributed by atoms with Crippen LogP contribution in [0.25, 0.3) is 0 Å². The third-order valence-electron chi connectivity index (χ3n) is 6.40. The molecule has 0 N–H and O–H groups in total. The molecule has 5 heteroatoms. The molecule has 0 spiro atoms. The Morgan fingerprint density at radius 3 is 2.66 bits per heavy atom.